The van der Waals surface area contributed by atoms with Crippen molar-refractivity contribution in [2.24, 2.45) is 10.9 Å². The molecule has 0 radical (unpaired) electrons. The Morgan fingerprint density at radius 3 is 2.60 bits per heavy atom. The minimum absolute atomic E-state index is 0.0295. The van der Waals surface area contributed by atoms with E-state index in [0.29, 0.717) is 11.3 Å². The number of benzene rings is 2. The number of hydrogen-bond donors (Lipinski definition) is 0. The molecule has 2 aromatic carbocycles. The predicted molar refractivity (Wildman–Crippen MR) is 93.6 cm³/mol. The molecule has 6 nitrogen and oxygen atoms in total. The zero-order valence-electron chi connectivity index (χ0n) is 13.9. The van der Waals surface area contributed by atoms with E-state index in [9.17, 15) is 19.7 Å². The van der Waals surface area contributed by atoms with Crippen LogP contribution < -0.4 is 0 Å². The molecule has 1 unspecified atom stereocenters. The van der Waals surface area contributed by atoms with Crippen molar-refractivity contribution < 1.29 is 14.5 Å². The molecule has 126 valence electrons. The predicted octanol–water partition coefficient (Wildman–Crippen LogP) is 3.68. The van der Waals surface area contributed by atoms with Gasteiger partial charge in [0, 0.05) is 11.6 Å². The van der Waals surface area contributed by atoms with Crippen LogP contribution >= 0.6 is 0 Å². The lowest BCUT2D eigenvalue weighted by Gasteiger charge is -2.07. The molecule has 1 aliphatic rings. The van der Waals surface area contributed by atoms with Crippen LogP contribution in [0.2, 0.25) is 0 Å². The van der Waals surface area contributed by atoms with Gasteiger partial charge in [-0.05, 0) is 31.0 Å². The van der Waals surface area contributed by atoms with Crippen LogP contribution in [-0.4, -0.2) is 22.2 Å². The summed E-state index contributed by atoms with van der Waals surface area (Å²) in [5, 5.41) is 11.3. The van der Waals surface area contributed by atoms with Crippen molar-refractivity contribution in [1.82, 2.24) is 0 Å². The average molecular weight is 336 g/mol. The van der Waals surface area contributed by atoms with E-state index in [1.807, 2.05) is 25.1 Å². The van der Waals surface area contributed by atoms with Gasteiger partial charge in [0.1, 0.15) is 17.3 Å². The first kappa shape index (κ1) is 16.7. The van der Waals surface area contributed by atoms with Crippen LogP contribution in [0.4, 0.5) is 11.4 Å². The lowest BCUT2D eigenvalue weighted by atomic mass is 9.98. The summed E-state index contributed by atoms with van der Waals surface area (Å²) >= 11 is 0. The molecule has 25 heavy (non-hydrogen) atoms. The molecule has 0 saturated heterocycles. The number of hydrogen-bond acceptors (Lipinski definition) is 5. The first-order valence-corrected chi connectivity index (χ1v) is 7.94. The summed E-state index contributed by atoms with van der Waals surface area (Å²) in [6, 6.07) is 11.9. The summed E-state index contributed by atoms with van der Waals surface area (Å²) in [5.74, 6) is -2.03. The molecule has 0 aromatic heterocycles. The Hall–Kier alpha value is -3.15. The third-order valence-electron chi connectivity index (χ3n) is 4.27. The van der Waals surface area contributed by atoms with E-state index in [0.717, 1.165) is 12.0 Å². The highest BCUT2D eigenvalue weighted by Crippen LogP contribution is 2.35. The van der Waals surface area contributed by atoms with Gasteiger partial charge in [-0.15, -0.1) is 0 Å². The Morgan fingerprint density at radius 1 is 1.24 bits per heavy atom. The fraction of sp³-hybridized carbons (Fsp3) is 0.211. The first-order chi connectivity index (χ1) is 11.9. The highest BCUT2D eigenvalue weighted by Gasteiger charge is 2.43. The Balaban J connectivity index is 2.23. The molecule has 0 bridgehead atoms. The molecule has 0 N–H and O–H groups in total. The Morgan fingerprint density at radius 2 is 1.96 bits per heavy atom. The van der Waals surface area contributed by atoms with Gasteiger partial charge in [-0.2, -0.15) is 0 Å². The molecular weight excluding hydrogens is 320 g/mol. The zero-order valence-corrected chi connectivity index (χ0v) is 13.9. The molecule has 3 rings (SSSR count). The number of nitro groups is 1. The molecule has 0 aliphatic heterocycles. The average Bonchev–Trinajstić information content (AvgIpc) is 2.87. The maximum Gasteiger partial charge on any atom is 0.280 e. The Bertz CT molecular complexity index is 931. The van der Waals surface area contributed by atoms with E-state index in [-0.39, 0.29) is 22.7 Å². The fourth-order valence-electron chi connectivity index (χ4n) is 3.08. The van der Waals surface area contributed by atoms with Crippen molar-refractivity contribution in [2.75, 3.05) is 0 Å². The molecule has 2 aromatic rings. The van der Waals surface area contributed by atoms with E-state index in [2.05, 4.69) is 4.99 Å². The number of carbonyl (C=O) groups is 2. The SMILES string of the molecule is CCc1cccc(N=C2c3cccc([N+](=O)[O-])c3C(=O)C2C(C)=O)c1. The maximum atomic E-state index is 12.7. The van der Waals surface area contributed by atoms with Gasteiger partial charge in [-0.1, -0.05) is 31.2 Å². The molecule has 1 atom stereocenters. The van der Waals surface area contributed by atoms with Gasteiger partial charge in [0.25, 0.3) is 5.69 Å². The number of rotatable bonds is 4. The number of nitrogens with zero attached hydrogens (tertiary/aromatic N) is 2. The van der Waals surface area contributed by atoms with E-state index >= 15 is 0 Å². The van der Waals surface area contributed by atoms with Crippen molar-refractivity contribution in [3.05, 3.63) is 69.3 Å². The summed E-state index contributed by atoms with van der Waals surface area (Å²) in [5.41, 5.74) is 2.02. The van der Waals surface area contributed by atoms with Crippen LogP contribution in [0.25, 0.3) is 0 Å². The summed E-state index contributed by atoms with van der Waals surface area (Å²) in [6.45, 7) is 3.32. The van der Waals surface area contributed by atoms with Gasteiger partial charge < -0.3 is 0 Å². The molecular formula is C19H16N2O4. The van der Waals surface area contributed by atoms with Gasteiger partial charge in [-0.3, -0.25) is 24.7 Å². The van der Waals surface area contributed by atoms with Crippen molar-refractivity contribution >= 4 is 28.7 Å². The smallest absolute Gasteiger partial charge is 0.280 e. The summed E-state index contributed by atoms with van der Waals surface area (Å²) in [7, 11) is 0. The number of carbonyl (C=O) groups excluding carboxylic acids is 2. The number of Topliss-reactive ketones (excluding diaryl/α,β-unsaturated/α-hetero) is 2. The molecule has 0 spiro atoms. The summed E-state index contributed by atoms with van der Waals surface area (Å²) in [6.07, 6.45) is 0.829. The van der Waals surface area contributed by atoms with E-state index in [1.165, 1.54) is 19.1 Å². The van der Waals surface area contributed by atoms with Gasteiger partial charge in [0.2, 0.25) is 0 Å². The van der Waals surface area contributed by atoms with Crippen LogP contribution in [0.1, 0.15) is 35.3 Å². The monoisotopic (exact) mass is 336 g/mol. The second-order valence-electron chi connectivity index (χ2n) is 5.89. The lowest BCUT2D eigenvalue weighted by Crippen LogP contribution is -2.23. The number of aliphatic imine (C=N–C) groups is 1. The molecule has 1 aliphatic carbocycles. The fourth-order valence-corrected chi connectivity index (χ4v) is 3.08. The van der Waals surface area contributed by atoms with Crippen LogP contribution in [-0.2, 0) is 11.2 Å². The van der Waals surface area contributed by atoms with Crippen molar-refractivity contribution in [2.45, 2.75) is 20.3 Å². The summed E-state index contributed by atoms with van der Waals surface area (Å²) < 4.78 is 0. The highest BCUT2D eigenvalue weighted by molar-refractivity contribution is 6.38. The third kappa shape index (κ3) is 2.87. The van der Waals surface area contributed by atoms with E-state index in [1.54, 1.807) is 12.1 Å². The largest absolute Gasteiger partial charge is 0.299 e. The number of aryl methyl sites for hydroxylation is 1. The highest BCUT2D eigenvalue weighted by atomic mass is 16.6. The second-order valence-corrected chi connectivity index (χ2v) is 5.89. The number of fused-ring (bicyclic) bond motifs is 1. The lowest BCUT2D eigenvalue weighted by molar-refractivity contribution is -0.385. The molecule has 0 fully saturated rings. The first-order valence-electron chi connectivity index (χ1n) is 7.94. The molecule has 0 saturated carbocycles. The number of nitro benzene ring substituents is 1. The normalized spacial score (nSPS) is 17.6. The molecule has 0 amide bonds. The quantitative estimate of drug-likeness (QED) is 0.484. The van der Waals surface area contributed by atoms with Crippen molar-refractivity contribution in [3.63, 3.8) is 0 Å². The Labute approximate surface area is 144 Å². The van der Waals surface area contributed by atoms with Crippen LogP contribution in [0.5, 0.6) is 0 Å². The summed E-state index contributed by atoms with van der Waals surface area (Å²) in [4.78, 5) is 39.9. The van der Waals surface area contributed by atoms with Crippen LogP contribution in [0.3, 0.4) is 0 Å². The minimum Gasteiger partial charge on any atom is -0.299 e. The minimum atomic E-state index is -1.10. The van der Waals surface area contributed by atoms with Crippen LogP contribution in [0.15, 0.2) is 47.5 Å². The standard InChI is InChI=1S/C19H16N2O4/c1-3-12-6-4-7-13(10-12)20-18-14-8-5-9-15(21(24)25)17(14)19(23)16(18)11(2)22/h4-10,16H,3H2,1-2H3. The molecule has 0 heterocycles. The van der Waals surface area contributed by atoms with Crippen LogP contribution in [0, 0.1) is 16.0 Å². The Kier molecular flexibility index (Phi) is 4.27. The topological polar surface area (TPSA) is 89.6 Å². The van der Waals surface area contributed by atoms with Gasteiger partial charge in [0.05, 0.1) is 16.3 Å². The van der Waals surface area contributed by atoms with Gasteiger partial charge in [0.15, 0.2) is 5.78 Å². The second kappa shape index (κ2) is 6.39. The maximum absolute atomic E-state index is 12.7. The van der Waals surface area contributed by atoms with E-state index in [4.69, 9.17) is 0 Å². The van der Waals surface area contributed by atoms with Gasteiger partial charge in [-0.25, -0.2) is 0 Å². The van der Waals surface area contributed by atoms with E-state index < -0.39 is 16.6 Å². The van der Waals surface area contributed by atoms with Crippen molar-refractivity contribution in [3.8, 4) is 0 Å². The third-order valence-corrected chi connectivity index (χ3v) is 4.27. The molecule has 6 heteroatoms. The zero-order chi connectivity index (χ0) is 18.1. The number of ketones is 2. The van der Waals surface area contributed by atoms with Gasteiger partial charge >= 0.3 is 0 Å². The van der Waals surface area contributed by atoms with Crippen molar-refractivity contribution in [1.29, 1.82) is 0 Å².